The van der Waals surface area contributed by atoms with Crippen LogP contribution in [0.2, 0.25) is 0 Å². The first-order chi connectivity index (χ1) is 22.4. The molecule has 0 aromatic heterocycles. The van der Waals surface area contributed by atoms with Crippen LogP contribution in [0.25, 0.3) is 0 Å². The van der Waals surface area contributed by atoms with E-state index in [2.05, 4.69) is 101 Å². The van der Waals surface area contributed by atoms with E-state index in [0.717, 1.165) is 67.5 Å². The van der Waals surface area contributed by atoms with Crippen molar-refractivity contribution in [2.75, 3.05) is 13.2 Å². The van der Waals surface area contributed by atoms with Crippen molar-refractivity contribution in [2.24, 2.45) is 10.8 Å². The fraction of sp³-hybridized carbons (Fsp3) is 0.400. The number of rotatable bonds is 9. The number of hydrogen-bond donors (Lipinski definition) is 0. The molecule has 0 N–H and O–H groups in total. The van der Waals surface area contributed by atoms with Crippen LogP contribution in [-0.2, 0) is 22.6 Å². The van der Waals surface area contributed by atoms with Crippen molar-refractivity contribution in [1.29, 1.82) is 0 Å². The summed E-state index contributed by atoms with van der Waals surface area (Å²) in [6, 6.07) is 22.7. The van der Waals surface area contributed by atoms with E-state index in [9.17, 15) is 9.59 Å². The number of Topliss-reactive ketones (excluding diaryl/α,β-unsaturated/α-hetero) is 2. The third-order valence-electron chi connectivity index (χ3n) is 9.45. The Hall–Kier alpha value is -2.91. The van der Waals surface area contributed by atoms with E-state index in [-0.39, 0.29) is 22.4 Å². The molecule has 0 radical (unpaired) electrons. The monoisotopic (exact) mass is 807 g/mol. The average molecular weight is 809 g/mol. The number of hydrogen-bond acceptors (Lipinski definition) is 5. The van der Waals surface area contributed by atoms with Crippen LogP contribution in [-0.4, -0.2) is 29.6 Å². The zero-order chi connectivity index (χ0) is 33.5. The number of ether oxygens (including phenoxy) is 2. The van der Waals surface area contributed by atoms with Crippen molar-refractivity contribution >= 4 is 50.1 Å². The van der Waals surface area contributed by atoms with E-state index in [1.54, 1.807) is 0 Å². The quantitative estimate of drug-likeness (QED) is 0.202. The summed E-state index contributed by atoms with van der Waals surface area (Å²) < 4.78 is 14.5. The first-order valence-electron chi connectivity index (χ1n) is 16.5. The molecule has 1 aliphatic heterocycles. The molecule has 0 bridgehead atoms. The fourth-order valence-electron chi connectivity index (χ4n) is 7.43. The van der Waals surface area contributed by atoms with Crippen LogP contribution in [0.1, 0.15) is 82.9 Å². The Bertz CT molecular complexity index is 1700. The zero-order valence-corrected chi connectivity index (χ0v) is 31.7. The molecule has 3 aromatic rings. The predicted octanol–water partition coefficient (Wildman–Crippen LogP) is 9.96. The van der Waals surface area contributed by atoms with Gasteiger partial charge in [0, 0.05) is 52.3 Å². The first-order valence-corrected chi connectivity index (χ1v) is 18.4. The van der Waals surface area contributed by atoms with Gasteiger partial charge in [0.05, 0.1) is 10.2 Å². The van der Waals surface area contributed by atoms with Gasteiger partial charge in [-0.25, -0.2) is 0 Å². The van der Waals surface area contributed by atoms with Gasteiger partial charge in [-0.15, -0.1) is 0 Å². The Morgan fingerprint density at radius 3 is 1.98 bits per heavy atom. The van der Waals surface area contributed by atoms with Crippen molar-refractivity contribution in [2.45, 2.75) is 79.2 Å². The molecule has 0 atom stereocenters. The van der Waals surface area contributed by atoms with Gasteiger partial charge in [0.25, 0.3) is 0 Å². The lowest BCUT2D eigenvalue weighted by Gasteiger charge is -2.49. The molecular weight excluding hydrogens is 765 g/mol. The molecule has 7 heteroatoms. The topological polar surface area (TPSA) is 55.8 Å². The van der Waals surface area contributed by atoms with Gasteiger partial charge in [-0.2, -0.15) is 0 Å². The zero-order valence-electron chi connectivity index (χ0n) is 27.9. The summed E-state index contributed by atoms with van der Waals surface area (Å²) in [7, 11) is 0. The van der Waals surface area contributed by atoms with E-state index in [1.165, 1.54) is 5.56 Å². The number of carbonyl (C=O) groups excluding carboxylic acids is 2. The van der Waals surface area contributed by atoms with Gasteiger partial charge < -0.3 is 14.4 Å². The molecule has 3 aliphatic rings. The second-order valence-electron chi connectivity index (χ2n) is 14.6. The molecule has 0 spiro atoms. The van der Waals surface area contributed by atoms with Crippen LogP contribution in [0.5, 0.6) is 11.5 Å². The number of carbonyl (C=O) groups is 2. The number of benzene rings is 3. The highest BCUT2D eigenvalue weighted by Crippen LogP contribution is 2.55. The smallest absolute Gasteiger partial charge is 0.174 e. The Kier molecular flexibility index (Phi) is 9.79. The number of ketones is 2. The summed E-state index contributed by atoms with van der Waals surface area (Å²) in [4.78, 5) is 31.0. The van der Waals surface area contributed by atoms with Crippen LogP contribution < -0.4 is 9.47 Å². The molecule has 0 fully saturated rings. The molecule has 0 unspecified atom stereocenters. The highest BCUT2D eigenvalue weighted by atomic mass is 127. The largest absolute Gasteiger partial charge is 0.490 e. The minimum Gasteiger partial charge on any atom is -0.490 e. The molecule has 2 aliphatic carbocycles. The first kappa shape index (κ1) is 34.0. The van der Waals surface area contributed by atoms with Crippen LogP contribution in [0.15, 0.2) is 93.7 Å². The van der Waals surface area contributed by atoms with Gasteiger partial charge >= 0.3 is 0 Å². The van der Waals surface area contributed by atoms with Crippen molar-refractivity contribution in [3.8, 4) is 11.5 Å². The lowest BCUT2D eigenvalue weighted by Crippen LogP contribution is -2.45. The van der Waals surface area contributed by atoms with Gasteiger partial charge in [-0.3, -0.25) is 9.59 Å². The Morgan fingerprint density at radius 2 is 1.40 bits per heavy atom. The number of nitrogens with zero attached hydrogens (tertiary/aromatic N) is 1. The van der Waals surface area contributed by atoms with Gasteiger partial charge in [0.15, 0.2) is 23.1 Å². The van der Waals surface area contributed by atoms with Crippen LogP contribution in [0.4, 0.5) is 0 Å². The molecule has 0 amide bonds. The van der Waals surface area contributed by atoms with Crippen molar-refractivity contribution < 1.29 is 19.1 Å². The summed E-state index contributed by atoms with van der Waals surface area (Å²) in [5.41, 5.74) is 6.60. The molecule has 5 nitrogen and oxygen atoms in total. The molecule has 0 saturated carbocycles. The molecule has 0 saturated heterocycles. The minimum absolute atomic E-state index is 0.138. The Morgan fingerprint density at radius 1 is 0.809 bits per heavy atom. The maximum absolute atomic E-state index is 14.3. The Balaban J connectivity index is 1.48. The van der Waals surface area contributed by atoms with Crippen LogP contribution >= 0.6 is 38.5 Å². The molecular formula is C40H43BrINO4. The second-order valence-corrected chi connectivity index (χ2v) is 16.7. The SMILES string of the molecule is CCOc1cc(C2C3=C(CC(C)(C)CC3=O)N(CCc3ccccc3)C3=C2C(=O)CC(C)(C)C3)cc(I)c1OCc1ccc(Br)cc1. The average Bonchev–Trinajstić information content (AvgIpc) is 2.99. The van der Waals surface area contributed by atoms with Crippen LogP contribution in [0, 0.1) is 14.4 Å². The normalized spacial score (nSPS) is 19.1. The second kappa shape index (κ2) is 13.5. The van der Waals surface area contributed by atoms with E-state index in [1.807, 2.05) is 43.3 Å². The van der Waals surface area contributed by atoms with Crippen molar-refractivity contribution in [3.05, 3.63) is 114 Å². The van der Waals surface area contributed by atoms with Gasteiger partial charge in [-0.05, 0) is 101 Å². The van der Waals surface area contributed by atoms with Gasteiger partial charge in [0.2, 0.25) is 0 Å². The number of allylic oxidation sites excluding steroid dienone is 4. The summed E-state index contributed by atoms with van der Waals surface area (Å²) in [6.07, 6.45) is 3.32. The van der Waals surface area contributed by atoms with E-state index < -0.39 is 5.92 Å². The fourth-order valence-corrected chi connectivity index (χ4v) is 8.48. The molecule has 47 heavy (non-hydrogen) atoms. The van der Waals surface area contributed by atoms with E-state index >= 15 is 0 Å². The molecule has 6 rings (SSSR count). The van der Waals surface area contributed by atoms with E-state index in [0.29, 0.717) is 37.6 Å². The maximum Gasteiger partial charge on any atom is 0.174 e. The summed E-state index contributed by atoms with van der Waals surface area (Å²) in [5.74, 6) is 1.15. The predicted molar refractivity (Wildman–Crippen MR) is 198 cm³/mol. The third-order valence-corrected chi connectivity index (χ3v) is 10.8. The van der Waals surface area contributed by atoms with E-state index in [4.69, 9.17) is 9.47 Å². The van der Waals surface area contributed by atoms with Crippen molar-refractivity contribution in [1.82, 2.24) is 4.90 Å². The summed E-state index contributed by atoms with van der Waals surface area (Å²) in [6.45, 7) is 12.3. The minimum atomic E-state index is -0.437. The third kappa shape index (κ3) is 7.26. The molecule has 1 heterocycles. The molecule has 246 valence electrons. The summed E-state index contributed by atoms with van der Waals surface area (Å²) >= 11 is 5.81. The lowest BCUT2D eigenvalue weighted by atomic mass is 9.63. The summed E-state index contributed by atoms with van der Waals surface area (Å²) in [5, 5.41) is 0. The number of halogens is 2. The maximum atomic E-state index is 14.3. The standard InChI is InChI=1S/C40H43BrINO4/c1-6-46-34-19-27(18-29(42)38(34)47-24-26-12-14-28(41)15-13-26)35-36-30(20-39(2,3)22-32(36)44)43(17-16-25-10-8-7-9-11-25)31-21-40(4,5)23-33(45)37(31)35/h7-15,18-19,35H,6,16-17,20-24H2,1-5H3. The highest BCUT2D eigenvalue weighted by Gasteiger charge is 2.49. The Labute approximate surface area is 301 Å². The molecule has 3 aromatic carbocycles. The van der Waals surface area contributed by atoms with Gasteiger partial charge in [-0.1, -0.05) is 86.1 Å². The highest BCUT2D eigenvalue weighted by molar-refractivity contribution is 14.1. The van der Waals surface area contributed by atoms with Crippen molar-refractivity contribution in [3.63, 3.8) is 0 Å². The van der Waals surface area contributed by atoms with Gasteiger partial charge in [0.1, 0.15) is 6.61 Å². The lowest BCUT2D eigenvalue weighted by molar-refractivity contribution is -0.119. The van der Waals surface area contributed by atoms with Crippen LogP contribution in [0.3, 0.4) is 0 Å².